The molecule has 0 atom stereocenters. The van der Waals surface area contributed by atoms with Crippen LogP contribution < -0.4 is 20.1 Å². The van der Waals surface area contributed by atoms with Crippen LogP contribution in [0.1, 0.15) is 11.1 Å². The summed E-state index contributed by atoms with van der Waals surface area (Å²) in [5.41, 5.74) is 2.19. The van der Waals surface area contributed by atoms with Gasteiger partial charge in [0.25, 0.3) is 5.69 Å². The summed E-state index contributed by atoms with van der Waals surface area (Å²) >= 11 is 6.39. The van der Waals surface area contributed by atoms with Crippen molar-refractivity contribution < 1.29 is 18.8 Å². The molecular weight excluding hydrogens is 472 g/mol. The summed E-state index contributed by atoms with van der Waals surface area (Å²) in [6.45, 7) is 1.87. The van der Waals surface area contributed by atoms with E-state index < -0.39 is 4.92 Å². The maximum absolute atomic E-state index is 13.8. The number of hydrogen-bond acceptors (Lipinski definition) is 6. The maximum atomic E-state index is 13.8. The molecule has 0 unspecified atom stereocenters. The lowest BCUT2D eigenvalue weighted by atomic mass is 10.2. The zero-order valence-corrected chi connectivity index (χ0v) is 19.4. The molecule has 33 heavy (non-hydrogen) atoms. The fourth-order valence-electron chi connectivity index (χ4n) is 3.01. The Labute approximate surface area is 202 Å². The zero-order chi connectivity index (χ0) is 22.9. The lowest BCUT2D eigenvalue weighted by molar-refractivity contribution is -0.384. The fourth-order valence-corrected chi connectivity index (χ4v) is 3.30. The third-order valence-electron chi connectivity index (χ3n) is 4.66. The van der Waals surface area contributed by atoms with Crippen LogP contribution in [0.2, 0.25) is 5.02 Å². The third-order valence-corrected chi connectivity index (χ3v) is 4.94. The number of ether oxygens (including phenoxy) is 2. The minimum Gasteiger partial charge on any atom is -0.493 e. The van der Waals surface area contributed by atoms with Gasteiger partial charge in [-0.3, -0.25) is 10.1 Å². The smallest absolute Gasteiger partial charge is 0.269 e. The normalized spacial score (nSPS) is 10.3. The van der Waals surface area contributed by atoms with E-state index in [1.807, 2.05) is 6.07 Å². The molecule has 3 aromatic carbocycles. The van der Waals surface area contributed by atoms with Gasteiger partial charge in [0.1, 0.15) is 12.4 Å². The molecule has 0 bridgehead atoms. The molecule has 0 aromatic heterocycles. The molecule has 0 saturated heterocycles. The molecule has 0 saturated carbocycles. The monoisotopic (exact) mass is 495 g/mol. The second-order valence-corrected chi connectivity index (χ2v) is 7.30. The summed E-state index contributed by atoms with van der Waals surface area (Å²) in [7, 11) is 1.52. The first kappa shape index (κ1) is 26.2. The van der Waals surface area contributed by atoms with Gasteiger partial charge in [0, 0.05) is 43.0 Å². The van der Waals surface area contributed by atoms with Gasteiger partial charge < -0.3 is 20.1 Å². The highest BCUT2D eigenvalue weighted by Crippen LogP contribution is 2.37. The molecule has 10 heteroatoms. The van der Waals surface area contributed by atoms with Crippen LogP contribution in [0.25, 0.3) is 0 Å². The topological polar surface area (TPSA) is 85.7 Å². The first-order chi connectivity index (χ1) is 15.5. The number of benzene rings is 3. The number of nitrogens with one attached hydrogen (secondary N) is 2. The fraction of sp³-hybridized carbons (Fsp3) is 0.217. The van der Waals surface area contributed by atoms with E-state index in [1.165, 1.54) is 25.3 Å². The average molecular weight is 496 g/mol. The molecule has 0 aliphatic rings. The van der Waals surface area contributed by atoms with Gasteiger partial charge in [-0.2, -0.15) is 0 Å². The van der Waals surface area contributed by atoms with Gasteiger partial charge >= 0.3 is 0 Å². The number of nitrogens with zero attached hydrogens (tertiary/aromatic N) is 1. The Bertz CT molecular complexity index is 1070. The van der Waals surface area contributed by atoms with E-state index >= 15 is 0 Å². The molecule has 0 heterocycles. The van der Waals surface area contributed by atoms with Crippen LogP contribution in [-0.4, -0.2) is 25.1 Å². The van der Waals surface area contributed by atoms with Crippen molar-refractivity contribution in [1.82, 2.24) is 5.32 Å². The number of nitro groups is 1. The first-order valence-electron chi connectivity index (χ1n) is 9.89. The molecular formula is C23H24Cl2FN3O4. The van der Waals surface area contributed by atoms with E-state index in [9.17, 15) is 14.5 Å². The minimum atomic E-state index is -0.430. The second kappa shape index (κ2) is 12.8. The summed E-state index contributed by atoms with van der Waals surface area (Å²) in [5, 5.41) is 17.5. The Morgan fingerprint density at radius 1 is 1.09 bits per heavy atom. The summed E-state index contributed by atoms with van der Waals surface area (Å²) in [5.74, 6) is 0.487. The van der Waals surface area contributed by atoms with Crippen molar-refractivity contribution in [3.05, 3.63) is 92.7 Å². The maximum Gasteiger partial charge on any atom is 0.269 e. The largest absolute Gasteiger partial charge is 0.493 e. The highest BCUT2D eigenvalue weighted by atomic mass is 35.5. The number of anilines is 1. The summed E-state index contributed by atoms with van der Waals surface area (Å²) in [6.07, 6.45) is 0. The molecule has 176 valence electrons. The van der Waals surface area contributed by atoms with Crippen LogP contribution in [0, 0.1) is 15.9 Å². The molecule has 3 aromatic rings. The lowest BCUT2D eigenvalue weighted by Crippen LogP contribution is -2.21. The van der Waals surface area contributed by atoms with Gasteiger partial charge in [0.2, 0.25) is 0 Å². The number of methoxy groups -OCH3 is 1. The van der Waals surface area contributed by atoms with Crippen LogP contribution in [0.5, 0.6) is 11.5 Å². The highest BCUT2D eigenvalue weighted by molar-refractivity contribution is 6.32. The van der Waals surface area contributed by atoms with Crippen LogP contribution in [-0.2, 0) is 13.2 Å². The van der Waals surface area contributed by atoms with Gasteiger partial charge in [-0.15, -0.1) is 12.4 Å². The van der Waals surface area contributed by atoms with Crippen LogP contribution in [0.4, 0.5) is 15.8 Å². The van der Waals surface area contributed by atoms with Crippen molar-refractivity contribution in [3.8, 4) is 11.5 Å². The second-order valence-electron chi connectivity index (χ2n) is 6.90. The Balaban J connectivity index is 0.00000385. The quantitative estimate of drug-likeness (QED) is 0.204. The van der Waals surface area contributed by atoms with E-state index in [1.54, 1.807) is 36.4 Å². The zero-order valence-electron chi connectivity index (χ0n) is 17.8. The van der Waals surface area contributed by atoms with Crippen molar-refractivity contribution in [2.45, 2.75) is 13.2 Å². The molecule has 0 aliphatic heterocycles. The molecule has 2 N–H and O–H groups in total. The molecule has 3 rings (SSSR count). The molecule has 7 nitrogen and oxygen atoms in total. The van der Waals surface area contributed by atoms with Crippen molar-refractivity contribution in [3.63, 3.8) is 0 Å². The average Bonchev–Trinajstić information content (AvgIpc) is 2.79. The third kappa shape index (κ3) is 7.49. The Kier molecular flexibility index (Phi) is 10.2. The van der Waals surface area contributed by atoms with E-state index in [-0.39, 0.29) is 30.5 Å². The number of nitro benzene ring substituents is 1. The molecule has 0 fully saturated rings. The highest BCUT2D eigenvalue weighted by Gasteiger charge is 2.13. The van der Waals surface area contributed by atoms with E-state index in [0.717, 1.165) is 11.3 Å². The van der Waals surface area contributed by atoms with E-state index in [2.05, 4.69) is 10.6 Å². The van der Waals surface area contributed by atoms with Gasteiger partial charge in [-0.25, -0.2) is 4.39 Å². The molecule has 0 amide bonds. The van der Waals surface area contributed by atoms with Crippen LogP contribution in [0.3, 0.4) is 0 Å². The Morgan fingerprint density at radius 3 is 2.48 bits per heavy atom. The van der Waals surface area contributed by atoms with Gasteiger partial charge in [-0.05, 0) is 35.9 Å². The van der Waals surface area contributed by atoms with Crippen molar-refractivity contribution in [1.29, 1.82) is 0 Å². The van der Waals surface area contributed by atoms with Crippen molar-refractivity contribution >= 4 is 35.4 Å². The number of non-ortho nitro benzene ring substituents is 1. The van der Waals surface area contributed by atoms with Crippen molar-refractivity contribution in [2.24, 2.45) is 0 Å². The van der Waals surface area contributed by atoms with Crippen LogP contribution >= 0.6 is 24.0 Å². The first-order valence-corrected chi connectivity index (χ1v) is 10.3. The van der Waals surface area contributed by atoms with Crippen molar-refractivity contribution in [2.75, 3.05) is 25.5 Å². The minimum absolute atomic E-state index is 0. The van der Waals surface area contributed by atoms with E-state index in [4.69, 9.17) is 21.1 Å². The lowest BCUT2D eigenvalue weighted by Gasteiger charge is -2.15. The Morgan fingerprint density at radius 2 is 1.82 bits per heavy atom. The number of halogens is 3. The van der Waals surface area contributed by atoms with Gasteiger partial charge in [-0.1, -0.05) is 29.8 Å². The summed E-state index contributed by atoms with van der Waals surface area (Å²) in [4.78, 5) is 10.3. The SMILES string of the molecule is COc1cc(CNCCNc2ccc([N+](=O)[O-])cc2)cc(Cl)c1OCc1ccccc1F.Cl. The Hall–Kier alpha value is -3.07. The number of hydrogen-bond donors (Lipinski definition) is 2. The molecule has 0 aliphatic carbocycles. The molecule has 0 radical (unpaired) electrons. The van der Waals surface area contributed by atoms with Gasteiger partial charge in [0.15, 0.2) is 11.5 Å². The number of rotatable bonds is 11. The predicted octanol–water partition coefficient (Wildman–Crippen LogP) is 5.60. The van der Waals surface area contributed by atoms with Gasteiger partial charge in [0.05, 0.1) is 17.1 Å². The van der Waals surface area contributed by atoms with E-state index in [0.29, 0.717) is 41.7 Å². The summed E-state index contributed by atoms with van der Waals surface area (Å²) in [6, 6.07) is 16.2. The molecule has 0 spiro atoms. The predicted molar refractivity (Wildman–Crippen MR) is 129 cm³/mol. The standard InChI is InChI=1S/C23H23ClFN3O4.ClH/c1-31-22-13-16(12-20(24)23(22)32-15-17-4-2-3-5-21(17)25)14-26-10-11-27-18-6-8-19(9-7-18)28(29)30;/h2-9,12-13,26-27H,10-11,14-15H2,1H3;1H. The summed E-state index contributed by atoms with van der Waals surface area (Å²) < 4.78 is 24.9. The van der Waals surface area contributed by atoms with Crippen LogP contribution in [0.15, 0.2) is 60.7 Å².